The number of carbonyl (C=O) groups is 1. The number of hydrogen-bond acceptors (Lipinski definition) is 3. The Labute approximate surface area is 140 Å². The summed E-state index contributed by atoms with van der Waals surface area (Å²) in [5, 5.41) is 2.98. The lowest BCUT2D eigenvalue weighted by Crippen LogP contribution is -2.25. The van der Waals surface area contributed by atoms with Crippen LogP contribution in [0.25, 0.3) is 5.65 Å². The van der Waals surface area contributed by atoms with E-state index in [1.165, 1.54) is 0 Å². The molecule has 1 aromatic carbocycles. The summed E-state index contributed by atoms with van der Waals surface area (Å²) in [6, 6.07) is 11.7. The van der Waals surface area contributed by atoms with Gasteiger partial charge in [-0.25, -0.2) is 4.98 Å². The molecule has 0 bridgehead atoms. The largest absolute Gasteiger partial charge is 0.487 e. The van der Waals surface area contributed by atoms with Gasteiger partial charge in [-0.05, 0) is 49.6 Å². The molecule has 0 atom stereocenters. The fourth-order valence-corrected chi connectivity index (χ4v) is 2.65. The van der Waals surface area contributed by atoms with Crippen LogP contribution in [0.15, 0.2) is 48.8 Å². The zero-order chi connectivity index (χ0) is 16.5. The Morgan fingerprint density at radius 2 is 2.21 bits per heavy atom. The number of nitrogens with zero attached hydrogens (tertiary/aromatic N) is 2. The molecule has 1 saturated carbocycles. The zero-order valence-corrected chi connectivity index (χ0v) is 13.5. The molecule has 122 valence electrons. The summed E-state index contributed by atoms with van der Waals surface area (Å²) in [4.78, 5) is 16.7. The van der Waals surface area contributed by atoms with Crippen molar-refractivity contribution in [3.05, 3.63) is 65.6 Å². The van der Waals surface area contributed by atoms with Gasteiger partial charge in [0.15, 0.2) is 0 Å². The van der Waals surface area contributed by atoms with Gasteiger partial charge >= 0.3 is 0 Å². The van der Waals surface area contributed by atoms with E-state index < -0.39 is 0 Å². The first-order valence-corrected chi connectivity index (χ1v) is 8.16. The van der Waals surface area contributed by atoms with E-state index in [1.54, 1.807) is 12.1 Å². The van der Waals surface area contributed by atoms with Gasteiger partial charge in [-0.2, -0.15) is 0 Å². The van der Waals surface area contributed by atoms with Crippen molar-refractivity contribution < 1.29 is 9.53 Å². The third-order valence-electron chi connectivity index (χ3n) is 4.12. The van der Waals surface area contributed by atoms with Crippen molar-refractivity contribution in [3.63, 3.8) is 0 Å². The molecule has 2 heterocycles. The topological polar surface area (TPSA) is 55.6 Å². The molecule has 0 saturated heterocycles. The van der Waals surface area contributed by atoms with Crippen molar-refractivity contribution in [3.8, 4) is 5.75 Å². The fourth-order valence-electron chi connectivity index (χ4n) is 2.65. The number of rotatable bonds is 5. The SMILES string of the molecule is Cc1cccn2cc(COc3cccc(C(=O)NC4CC4)c3)nc12. The van der Waals surface area contributed by atoms with E-state index in [9.17, 15) is 4.79 Å². The van der Waals surface area contributed by atoms with Crippen molar-refractivity contribution in [2.24, 2.45) is 0 Å². The van der Waals surface area contributed by atoms with E-state index in [4.69, 9.17) is 4.74 Å². The Morgan fingerprint density at radius 3 is 3.00 bits per heavy atom. The molecule has 1 aliphatic carbocycles. The number of imidazole rings is 1. The van der Waals surface area contributed by atoms with E-state index in [0.717, 1.165) is 29.7 Å². The third-order valence-corrected chi connectivity index (χ3v) is 4.12. The first kappa shape index (κ1) is 14.8. The molecule has 0 spiro atoms. The minimum Gasteiger partial charge on any atom is -0.487 e. The molecule has 2 aromatic heterocycles. The number of carbonyl (C=O) groups excluding carboxylic acids is 1. The predicted octanol–water partition coefficient (Wildman–Crippen LogP) is 3.11. The smallest absolute Gasteiger partial charge is 0.251 e. The monoisotopic (exact) mass is 321 g/mol. The standard InChI is InChI=1S/C19H19N3O2/c1-13-4-3-9-22-11-16(20-18(13)22)12-24-17-6-2-5-14(10-17)19(23)21-15-7-8-15/h2-6,9-11,15H,7-8,12H2,1H3,(H,21,23). The van der Waals surface area contributed by atoms with E-state index in [0.29, 0.717) is 24.0 Å². The summed E-state index contributed by atoms with van der Waals surface area (Å²) in [6.07, 6.45) is 6.10. The van der Waals surface area contributed by atoms with Crippen LogP contribution < -0.4 is 10.1 Å². The van der Waals surface area contributed by atoms with Crippen molar-refractivity contribution in [2.75, 3.05) is 0 Å². The van der Waals surface area contributed by atoms with Crippen LogP contribution in [0.3, 0.4) is 0 Å². The molecule has 0 unspecified atom stereocenters. The van der Waals surface area contributed by atoms with Crippen molar-refractivity contribution in [2.45, 2.75) is 32.4 Å². The summed E-state index contributed by atoms with van der Waals surface area (Å²) >= 11 is 0. The van der Waals surface area contributed by atoms with E-state index >= 15 is 0 Å². The number of nitrogens with one attached hydrogen (secondary N) is 1. The Kier molecular flexibility index (Phi) is 3.69. The quantitative estimate of drug-likeness (QED) is 0.785. The maximum atomic E-state index is 12.1. The highest BCUT2D eigenvalue weighted by molar-refractivity contribution is 5.94. The number of aromatic nitrogens is 2. The Balaban J connectivity index is 1.46. The van der Waals surface area contributed by atoms with Crippen molar-refractivity contribution in [1.82, 2.24) is 14.7 Å². The van der Waals surface area contributed by atoms with Gasteiger partial charge in [0.2, 0.25) is 0 Å². The number of benzene rings is 1. The van der Waals surface area contributed by atoms with Crippen LogP contribution in [0.2, 0.25) is 0 Å². The molecule has 1 amide bonds. The molecular formula is C19H19N3O2. The summed E-state index contributed by atoms with van der Waals surface area (Å²) in [6.45, 7) is 2.41. The number of aryl methyl sites for hydroxylation is 1. The minimum absolute atomic E-state index is 0.0358. The van der Waals surface area contributed by atoms with Crippen molar-refractivity contribution >= 4 is 11.6 Å². The van der Waals surface area contributed by atoms with Crippen LogP contribution in [0.5, 0.6) is 5.75 Å². The number of pyridine rings is 1. The maximum Gasteiger partial charge on any atom is 0.251 e. The highest BCUT2D eigenvalue weighted by Crippen LogP contribution is 2.21. The van der Waals surface area contributed by atoms with Crippen LogP contribution in [0, 0.1) is 6.92 Å². The highest BCUT2D eigenvalue weighted by Gasteiger charge is 2.23. The normalized spacial score (nSPS) is 13.9. The first-order valence-electron chi connectivity index (χ1n) is 8.16. The van der Waals surface area contributed by atoms with Crippen LogP contribution in [-0.2, 0) is 6.61 Å². The lowest BCUT2D eigenvalue weighted by atomic mass is 10.2. The number of amides is 1. The average Bonchev–Trinajstić information content (AvgIpc) is 3.29. The number of fused-ring (bicyclic) bond motifs is 1. The summed E-state index contributed by atoms with van der Waals surface area (Å²) in [5.41, 5.74) is 3.55. The second-order valence-corrected chi connectivity index (χ2v) is 6.22. The molecule has 3 aromatic rings. The first-order chi connectivity index (χ1) is 11.7. The van der Waals surface area contributed by atoms with Crippen molar-refractivity contribution in [1.29, 1.82) is 0 Å². The molecule has 0 aliphatic heterocycles. The highest BCUT2D eigenvalue weighted by atomic mass is 16.5. The Bertz CT molecular complexity index is 897. The van der Waals surface area contributed by atoms with Crippen LogP contribution >= 0.6 is 0 Å². The maximum absolute atomic E-state index is 12.1. The lowest BCUT2D eigenvalue weighted by molar-refractivity contribution is 0.0950. The molecule has 24 heavy (non-hydrogen) atoms. The molecule has 5 nitrogen and oxygen atoms in total. The van der Waals surface area contributed by atoms with Gasteiger partial charge in [-0.1, -0.05) is 12.1 Å². The van der Waals surface area contributed by atoms with E-state index in [2.05, 4.69) is 10.3 Å². The van der Waals surface area contributed by atoms with Crippen LogP contribution in [-0.4, -0.2) is 21.3 Å². The van der Waals surface area contributed by atoms with Crippen LogP contribution in [0.4, 0.5) is 0 Å². The average molecular weight is 321 g/mol. The van der Waals surface area contributed by atoms with Gasteiger partial charge in [0, 0.05) is 24.0 Å². The second kappa shape index (κ2) is 6.00. The third kappa shape index (κ3) is 3.11. The molecule has 5 heteroatoms. The van der Waals surface area contributed by atoms with Gasteiger partial charge in [-0.3, -0.25) is 4.79 Å². The van der Waals surface area contributed by atoms with Crippen LogP contribution in [0.1, 0.15) is 34.5 Å². The molecule has 1 aliphatic rings. The number of ether oxygens (including phenoxy) is 1. The minimum atomic E-state index is -0.0358. The fraction of sp³-hybridized carbons (Fsp3) is 0.263. The second-order valence-electron chi connectivity index (χ2n) is 6.22. The van der Waals surface area contributed by atoms with Gasteiger partial charge in [0.25, 0.3) is 5.91 Å². The van der Waals surface area contributed by atoms with Gasteiger partial charge in [-0.15, -0.1) is 0 Å². The molecule has 1 fully saturated rings. The Hall–Kier alpha value is -2.82. The van der Waals surface area contributed by atoms with E-state index in [1.807, 2.05) is 48.0 Å². The summed E-state index contributed by atoms with van der Waals surface area (Å²) < 4.78 is 7.81. The van der Waals surface area contributed by atoms with Gasteiger partial charge < -0.3 is 14.5 Å². The number of hydrogen-bond donors (Lipinski definition) is 1. The predicted molar refractivity (Wildman–Crippen MR) is 91.2 cm³/mol. The molecule has 1 N–H and O–H groups in total. The van der Waals surface area contributed by atoms with E-state index in [-0.39, 0.29) is 5.91 Å². The summed E-state index contributed by atoms with van der Waals surface area (Å²) in [5.74, 6) is 0.638. The Morgan fingerprint density at radius 1 is 1.33 bits per heavy atom. The van der Waals surface area contributed by atoms with Gasteiger partial charge in [0.05, 0.1) is 5.69 Å². The molecular weight excluding hydrogens is 302 g/mol. The molecule has 4 rings (SSSR count). The van der Waals surface area contributed by atoms with Gasteiger partial charge in [0.1, 0.15) is 18.0 Å². The summed E-state index contributed by atoms with van der Waals surface area (Å²) in [7, 11) is 0. The molecule has 0 radical (unpaired) electrons. The zero-order valence-electron chi connectivity index (χ0n) is 13.5. The lowest BCUT2D eigenvalue weighted by Gasteiger charge is -2.07.